The quantitative estimate of drug-likeness (QED) is 0.489. The standard InChI is InChI=1S/C14H22N2O/c1-17-16-14-11-8-10-13(14)9-6-4-2-3-5-7-12-15/h10-11,16H,2-9H2,1H3. The molecule has 0 spiro atoms. The Morgan fingerprint density at radius 1 is 1.24 bits per heavy atom. The number of hydrogen-bond donors (Lipinski definition) is 1. The average molecular weight is 234 g/mol. The van der Waals surface area contributed by atoms with Crippen LogP contribution in [0.25, 0.3) is 0 Å². The van der Waals surface area contributed by atoms with Crippen molar-refractivity contribution in [1.29, 1.82) is 5.26 Å². The summed E-state index contributed by atoms with van der Waals surface area (Å²) in [6, 6.07) is 2.18. The fourth-order valence-corrected chi connectivity index (χ4v) is 2.06. The van der Waals surface area contributed by atoms with Crippen molar-refractivity contribution in [3.63, 3.8) is 0 Å². The highest BCUT2D eigenvalue weighted by atomic mass is 16.6. The maximum atomic E-state index is 8.41. The van der Waals surface area contributed by atoms with Crippen LogP contribution in [0.15, 0.2) is 23.4 Å². The summed E-state index contributed by atoms with van der Waals surface area (Å²) < 4.78 is 0. The van der Waals surface area contributed by atoms with E-state index in [0.29, 0.717) is 6.42 Å². The summed E-state index contributed by atoms with van der Waals surface area (Å²) in [7, 11) is 1.64. The van der Waals surface area contributed by atoms with Gasteiger partial charge in [-0.15, -0.1) is 0 Å². The molecule has 0 aromatic rings. The van der Waals surface area contributed by atoms with Gasteiger partial charge in [0.25, 0.3) is 0 Å². The first-order chi connectivity index (χ1) is 8.38. The molecule has 3 nitrogen and oxygen atoms in total. The summed E-state index contributed by atoms with van der Waals surface area (Å²) in [5.74, 6) is 0. The first-order valence-electron chi connectivity index (χ1n) is 6.44. The van der Waals surface area contributed by atoms with Gasteiger partial charge >= 0.3 is 0 Å². The van der Waals surface area contributed by atoms with E-state index >= 15 is 0 Å². The van der Waals surface area contributed by atoms with Crippen LogP contribution in [0.5, 0.6) is 0 Å². The topological polar surface area (TPSA) is 45.0 Å². The van der Waals surface area contributed by atoms with Crippen LogP contribution < -0.4 is 5.48 Å². The molecule has 0 aromatic carbocycles. The van der Waals surface area contributed by atoms with E-state index in [2.05, 4.69) is 23.7 Å². The lowest BCUT2D eigenvalue weighted by atomic mass is 10.0. The van der Waals surface area contributed by atoms with Crippen molar-refractivity contribution in [1.82, 2.24) is 5.48 Å². The molecule has 0 radical (unpaired) electrons. The van der Waals surface area contributed by atoms with Crippen LogP contribution in [0.1, 0.15) is 51.4 Å². The molecule has 1 aliphatic carbocycles. The monoisotopic (exact) mass is 234 g/mol. The molecule has 0 saturated carbocycles. The smallest absolute Gasteiger partial charge is 0.0636 e. The first kappa shape index (κ1) is 13.8. The highest BCUT2D eigenvalue weighted by molar-refractivity contribution is 5.34. The molecule has 1 aliphatic rings. The number of allylic oxidation sites excluding steroid dienone is 3. The number of nitriles is 1. The van der Waals surface area contributed by atoms with Crippen molar-refractivity contribution in [3.05, 3.63) is 23.4 Å². The second kappa shape index (κ2) is 8.83. The Kier molecular flexibility index (Phi) is 7.17. The number of nitrogens with zero attached hydrogens (tertiary/aromatic N) is 1. The van der Waals surface area contributed by atoms with Crippen molar-refractivity contribution in [3.8, 4) is 6.07 Å². The summed E-state index contributed by atoms with van der Waals surface area (Å²) >= 11 is 0. The zero-order valence-corrected chi connectivity index (χ0v) is 10.7. The van der Waals surface area contributed by atoms with Gasteiger partial charge in [0.1, 0.15) is 0 Å². The van der Waals surface area contributed by atoms with Gasteiger partial charge in [0.15, 0.2) is 0 Å². The Bertz CT molecular complexity index is 313. The van der Waals surface area contributed by atoms with Crippen LogP contribution in [0, 0.1) is 11.3 Å². The van der Waals surface area contributed by atoms with E-state index < -0.39 is 0 Å². The molecule has 1 N–H and O–H groups in total. The van der Waals surface area contributed by atoms with Gasteiger partial charge in [-0.3, -0.25) is 10.3 Å². The van der Waals surface area contributed by atoms with Crippen LogP contribution in [0.2, 0.25) is 0 Å². The number of nitrogens with one attached hydrogen (secondary N) is 1. The summed E-state index contributed by atoms with van der Waals surface area (Å²) in [5, 5.41) is 8.41. The maximum Gasteiger partial charge on any atom is 0.0636 e. The Balaban J connectivity index is 2.03. The third kappa shape index (κ3) is 5.55. The molecule has 3 heteroatoms. The summed E-state index contributed by atoms with van der Waals surface area (Å²) in [6.45, 7) is 0. The fraction of sp³-hybridized carbons (Fsp3) is 0.643. The molecule has 0 unspecified atom stereocenters. The fourth-order valence-electron chi connectivity index (χ4n) is 2.06. The van der Waals surface area contributed by atoms with Gasteiger partial charge in [-0.05, 0) is 31.3 Å². The molecular weight excluding hydrogens is 212 g/mol. The minimum Gasteiger partial charge on any atom is -0.279 e. The highest BCUT2D eigenvalue weighted by Gasteiger charge is 2.08. The van der Waals surface area contributed by atoms with Crippen LogP contribution in [-0.2, 0) is 4.84 Å². The molecule has 1 rings (SSSR count). The van der Waals surface area contributed by atoms with E-state index in [4.69, 9.17) is 10.1 Å². The zero-order valence-electron chi connectivity index (χ0n) is 10.7. The van der Waals surface area contributed by atoms with Crippen LogP contribution >= 0.6 is 0 Å². The third-order valence-corrected chi connectivity index (χ3v) is 2.98. The number of hydrogen-bond acceptors (Lipinski definition) is 3. The maximum absolute atomic E-state index is 8.41. The Hall–Kier alpha value is -1.27. The van der Waals surface area contributed by atoms with Gasteiger partial charge in [-0.1, -0.05) is 31.4 Å². The molecule has 0 saturated heterocycles. The lowest BCUT2D eigenvalue weighted by Gasteiger charge is -2.09. The Morgan fingerprint density at radius 3 is 2.76 bits per heavy atom. The molecule has 0 amide bonds. The molecule has 94 valence electrons. The van der Waals surface area contributed by atoms with Crippen molar-refractivity contribution < 1.29 is 4.84 Å². The first-order valence-corrected chi connectivity index (χ1v) is 6.44. The predicted octanol–water partition coefficient (Wildman–Crippen LogP) is 3.61. The van der Waals surface area contributed by atoms with E-state index in [0.717, 1.165) is 25.0 Å². The molecule has 0 bridgehead atoms. The van der Waals surface area contributed by atoms with Crippen LogP contribution in [0.3, 0.4) is 0 Å². The predicted molar refractivity (Wildman–Crippen MR) is 68.9 cm³/mol. The van der Waals surface area contributed by atoms with E-state index in [-0.39, 0.29) is 0 Å². The molecule has 0 aromatic heterocycles. The molecule has 0 heterocycles. The van der Waals surface area contributed by atoms with Crippen molar-refractivity contribution in [2.24, 2.45) is 0 Å². The van der Waals surface area contributed by atoms with Crippen LogP contribution in [0.4, 0.5) is 0 Å². The van der Waals surface area contributed by atoms with E-state index in [1.807, 2.05) is 0 Å². The molecular formula is C14H22N2O. The highest BCUT2D eigenvalue weighted by Crippen LogP contribution is 2.22. The SMILES string of the molecule is CONC1=CCC=C1CCCCCCCC#N. The van der Waals surface area contributed by atoms with Gasteiger partial charge in [0, 0.05) is 6.42 Å². The number of hydroxylamine groups is 1. The van der Waals surface area contributed by atoms with Crippen molar-refractivity contribution >= 4 is 0 Å². The lowest BCUT2D eigenvalue weighted by Crippen LogP contribution is -2.11. The molecule has 0 fully saturated rings. The minimum absolute atomic E-state index is 0.704. The molecule has 0 atom stereocenters. The van der Waals surface area contributed by atoms with Gasteiger partial charge < -0.3 is 0 Å². The van der Waals surface area contributed by atoms with Gasteiger partial charge in [0.2, 0.25) is 0 Å². The summed E-state index contributed by atoms with van der Waals surface area (Å²) in [5.41, 5.74) is 5.43. The largest absolute Gasteiger partial charge is 0.279 e. The van der Waals surface area contributed by atoms with Crippen molar-refractivity contribution in [2.45, 2.75) is 51.4 Å². The number of unbranched alkanes of at least 4 members (excludes halogenated alkanes) is 5. The van der Waals surface area contributed by atoms with Gasteiger partial charge in [-0.25, -0.2) is 0 Å². The van der Waals surface area contributed by atoms with E-state index in [9.17, 15) is 0 Å². The average Bonchev–Trinajstić information content (AvgIpc) is 2.76. The van der Waals surface area contributed by atoms with Gasteiger partial charge in [-0.2, -0.15) is 5.26 Å². The zero-order chi connectivity index (χ0) is 12.3. The second-order valence-electron chi connectivity index (χ2n) is 4.31. The van der Waals surface area contributed by atoms with Gasteiger partial charge in [0.05, 0.1) is 18.9 Å². The minimum atomic E-state index is 0.704. The van der Waals surface area contributed by atoms with Crippen molar-refractivity contribution in [2.75, 3.05) is 7.11 Å². The third-order valence-electron chi connectivity index (χ3n) is 2.98. The lowest BCUT2D eigenvalue weighted by molar-refractivity contribution is 0.119. The normalized spacial score (nSPS) is 14.1. The second-order valence-corrected chi connectivity index (χ2v) is 4.31. The Labute approximate surface area is 104 Å². The van der Waals surface area contributed by atoms with Crippen LogP contribution in [-0.4, -0.2) is 7.11 Å². The molecule has 0 aliphatic heterocycles. The van der Waals surface area contributed by atoms with E-state index in [1.54, 1.807) is 7.11 Å². The number of rotatable bonds is 9. The molecule has 17 heavy (non-hydrogen) atoms. The van der Waals surface area contributed by atoms with E-state index in [1.165, 1.54) is 31.3 Å². The Morgan fingerprint density at radius 2 is 2.00 bits per heavy atom. The summed E-state index contributed by atoms with van der Waals surface area (Å²) in [4.78, 5) is 4.94. The summed E-state index contributed by atoms with van der Waals surface area (Å²) in [6.07, 6.45) is 13.2.